The van der Waals surface area contributed by atoms with Crippen LogP contribution in [0.15, 0.2) is 77.7 Å². The van der Waals surface area contributed by atoms with Crippen molar-refractivity contribution in [2.24, 2.45) is 0 Å². The number of hydrogen-bond acceptors (Lipinski definition) is 6. The number of amides is 1. The van der Waals surface area contributed by atoms with E-state index in [2.05, 4.69) is 10.0 Å². The largest absolute Gasteiger partial charge is 0.497 e. The minimum atomic E-state index is -4.00. The summed E-state index contributed by atoms with van der Waals surface area (Å²) in [5.41, 5.74) is 0.640. The zero-order chi connectivity index (χ0) is 23.1. The number of benzene rings is 3. The molecule has 3 aromatic rings. The topological polar surface area (TPSA) is 103 Å². The highest BCUT2D eigenvalue weighted by molar-refractivity contribution is 7.92. The van der Waals surface area contributed by atoms with Gasteiger partial charge in [0.25, 0.3) is 15.9 Å². The van der Waals surface area contributed by atoms with Crippen molar-refractivity contribution < 1.29 is 27.4 Å². The van der Waals surface area contributed by atoms with Gasteiger partial charge in [-0.25, -0.2) is 8.42 Å². The highest BCUT2D eigenvalue weighted by atomic mass is 32.2. The Bertz CT molecular complexity index is 1160. The van der Waals surface area contributed by atoms with E-state index in [1.165, 1.54) is 26.4 Å². The van der Waals surface area contributed by atoms with Gasteiger partial charge in [0.15, 0.2) is 6.10 Å². The fourth-order valence-electron chi connectivity index (χ4n) is 2.83. The van der Waals surface area contributed by atoms with Crippen molar-refractivity contribution in [2.45, 2.75) is 17.9 Å². The van der Waals surface area contributed by atoms with Gasteiger partial charge >= 0.3 is 0 Å². The Kier molecular flexibility index (Phi) is 7.21. The molecule has 3 aromatic carbocycles. The Balaban J connectivity index is 1.78. The maximum atomic E-state index is 13.0. The summed E-state index contributed by atoms with van der Waals surface area (Å²) in [4.78, 5) is 12.4. The summed E-state index contributed by atoms with van der Waals surface area (Å²) in [6, 6.07) is 19.7. The third kappa shape index (κ3) is 5.70. The van der Waals surface area contributed by atoms with Crippen molar-refractivity contribution in [3.63, 3.8) is 0 Å². The van der Waals surface area contributed by atoms with Gasteiger partial charge in [-0.05, 0) is 61.5 Å². The van der Waals surface area contributed by atoms with Gasteiger partial charge in [-0.2, -0.15) is 0 Å². The van der Waals surface area contributed by atoms with Gasteiger partial charge in [0.05, 0.1) is 14.2 Å². The fraction of sp³-hybridized carbons (Fsp3) is 0.174. The number of ether oxygens (including phenoxy) is 3. The molecule has 0 aliphatic heterocycles. The Morgan fingerprint density at radius 2 is 1.50 bits per heavy atom. The van der Waals surface area contributed by atoms with Crippen LogP contribution in [0.1, 0.15) is 6.92 Å². The van der Waals surface area contributed by atoms with E-state index in [0.717, 1.165) is 0 Å². The van der Waals surface area contributed by atoms with Crippen molar-refractivity contribution in [1.29, 1.82) is 0 Å². The molecule has 9 heteroatoms. The summed E-state index contributed by atoms with van der Waals surface area (Å²) in [7, 11) is -1.11. The molecule has 0 bridgehead atoms. The molecular weight excluding hydrogens is 432 g/mol. The first-order valence-corrected chi connectivity index (χ1v) is 11.2. The van der Waals surface area contributed by atoms with Crippen LogP contribution < -0.4 is 24.2 Å². The number of rotatable bonds is 9. The number of methoxy groups -OCH3 is 2. The van der Waals surface area contributed by atoms with Gasteiger partial charge < -0.3 is 19.5 Å². The lowest BCUT2D eigenvalue weighted by molar-refractivity contribution is -0.122. The predicted octanol–water partition coefficient (Wildman–Crippen LogP) is 3.91. The molecule has 0 saturated heterocycles. The van der Waals surface area contributed by atoms with Crippen LogP contribution in [0, 0.1) is 0 Å². The SMILES string of the molecule is COc1ccc(NS(=O)(=O)c2cc(NC(=O)C(C)Oc3ccccc3)ccc2OC)cc1. The molecule has 0 radical (unpaired) electrons. The average Bonchev–Trinajstić information content (AvgIpc) is 2.80. The lowest BCUT2D eigenvalue weighted by Gasteiger charge is -2.16. The first-order chi connectivity index (χ1) is 15.3. The van der Waals surface area contributed by atoms with E-state index in [1.807, 2.05) is 6.07 Å². The molecule has 0 heterocycles. The Morgan fingerprint density at radius 1 is 0.844 bits per heavy atom. The second kappa shape index (κ2) is 10.1. The van der Waals surface area contributed by atoms with Crippen molar-refractivity contribution in [3.8, 4) is 17.2 Å². The Morgan fingerprint density at radius 3 is 2.12 bits per heavy atom. The van der Waals surface area contributed by atoms with Crippen LogP contribution in [-0.2, 0) is 14.8 Å². The number of carbonyl (C=O) groups is 1. The van der Waals surface area contributed by atoms with Crippen molar-refractivity contribution >= 4 is 27.3 Å². The zero-order valence-electron chi connectivity index (χ0n) is 17.9. The lowest BCUT2D eigenvalue weighted by Crippen LogP contribution is -2.30. The quantitative estimate of drug-likeness (QED) is 0.506. The summed E-state index contributed by atoms with van der Waals surface area (Å²) in [6.07, 6.45) is -0.794. The molecule has 0 aliphatic rings. The second-order valence-corrected chi connectivity index (χ2v) is 8.41. The molecular formula is C23H24N2O6S. The summed E-state index contributed by atoms with van der Waals surface area (Å²) >= 11 is 0. The van der Waals surface area contributed by atoms with Gasteiger partial charge in [0.2, 0.25) is 0 Å². The number of sulfonamides is 1. The number of para-hydroxylation sites is 1. The summed E-state index contributed by atoms with van der Waals surface area (Å²) < 4.78 is 44.4. The van der Waals surface area contributed by atoms with E-state index < -0.39 is 22.0 Å². The van der Waals surface area contributed by atoms with Gasteiger partial charge in [-0.15, -0.1) is 0 Å². The molecule has 0 fully saturated rings. The molecule has 32 heavy (non-hydrogen) atoms. The minimum absolute atomic E-state index is 0.120. The third-order valence-electron chi connectivity index (χ3n) is 4.49. The summed E-state index contributed by atoms with van der Waals surface area (Å²) in [6.45, 7) is 1.61. The monoisotopic (exact) mass is 456 g/mol. The van der Waals surface area contributed by atoms with Crippen LogP contribution in [0.5, 0.6) is 17.2 Å². The predicted molar refractivity (Wildman–Crippen MR) is 122 cm³/mol. The van der Waals surface area contributed by atoms with Crippen molar-refractivity contribution in [1.82, 2.24) is 0 Å². The van der Waals surface area contributed by atoms with E-state index in [1.54, 1.807) is 61.5 Å². The highest BCUT2D eigenvalue weighted by Crippen LogP contribution is 2.29. The number of carbonyl (C=O) groups excluding carboxylic acids is 1. The number of anilines is 2. The van der Waals surface area contributed by atoms with Crippen molar-refractivity contribution in [2.75, 3.05) is 24.3 Å². The van der Waals surface area contributed by atoms with E-state index in [-0.39, 0.29) is 16.3 Å². The molecule has 0 spiro atoms. The molecule has 0 aliphatic carbocycles. The Hall–Kier alpha value is -3.72. The summed E-state index contributed by atoms with van der Waals surface area (Å²) in [5, 5.41) is 2.68. The molecule has 168 valence electrons. The molecule has 1 unspecified atom stereocenters. The molecule has 8 nitrogen and oxygen atoms in total. The molecule has 0 saturated carbocycles. The second-order valence-electron chi connectivity index (χ2n) is 6.76. The fourth-order valence-corrected chi connectivity index (χ4v) is 4.09. The van der Waals surface area contributed by atoms with Crippen LogP contribution in [0.25, 0.3) is 0 Å². The molecule has 1 amide bonds. The number of hydrogen-bond donors (Lipinski definition) is 2. The van der Waals surface area contributed by atoms with Gasteiger partial charge in [-0.1, -0.05) is 18.2 Å². The van der Waals surface area contributed by atoms with Crippen LogP contribution >= 0.6 is 0 Å². The van der Waals surface area contributed by atoms with Crippen LogP contribution in [0.4, 0.5) is 11.4 Å². The smallest absolute Gasteiger partial charge is 0.265 e. The first kappa shape index (κ1) is 23.0. The van der Waals surface area contributed by atoms with Crippen LogP contribution in [0.2, 0.25) is 0 Å². The molecule has 0 aromatic heterocycles. The van der Waals surface area contributed by atoms with Crippen LogP contribution in [-0.4, -0.2) is 34.6 Å². The maximum absolute atomic E-state index is 13.0. The van der Waals surface area contributed by atoms with E-state index in [9.17, 15) is 13.2 Å². The van der Waals surface area contributed by atoms with Gasteiger partial charge in [0, 0.05) is 11.4 Å². The zero-order valence-corrected chi connectivity index (χ0v) is 18.7. The van der Waals surface area contributed by atoms with Gasteiger partial charge in [0.1, 0.15) is 22.1 Å². The molecule has 1 atom stereocenters. The molecule has 2 N–H and O–H groups in total. The summed E-state index contributed by atoms with van der Waals surface area (Å²) in [5.74, 6) is 0.863. The number of nitrogens with one attached hydrogen (secondary N) is 2. The average molecular weight is 457 g/mol. The molecule has 3 rings (SSSR count). The van der Waals surface area contributed by atoms with Crippen LogP contribution in [0.3, 0.4) is 0 Å². The van der Waals surface area contributed by atoms with E-state index in [0.29, 0.717) is 17.2 Å². The van der Waals surface area contributed by atoms with Gasteiger partial charge in [-0.3, -0.25) is 9.52 Å². The minimum Gasteiger partial charge on any atom is -0.497 e. The first-order valence-electron chi connectivity index (χ1n) is 9.70. The third-order valence-corrected chi connectivity index (χ3v) is 5.89. The van der Waals surface area contributed by atoms with Crippen molar-refractivity contribution in [3.05, 3.63) is 72.8 Å². The lowest BCUT2D eigenvalue weighted by atomic mass is 10.2. The normalized spacial score (nSPS) is 11.8. The maximum Gasteiger partial charge on any atom is 0.265 e. The van der Waals surface area contributed by atoms with E-state index in [4.69, 9.17) is 14.2 Å². The van der Waals surface area contributed by atoms with E-state index >= 15 is 0 Å². The standard InChI is InChI=1S/C23H24N2O6S/c1-16(31-20-7-5-4-6-8-20)23(26)24-18-11-14-21(30-3)22(15-18)32(27,28)25-17-9-12-19(29-2)13-10-17/h4-16,25H,1-3H3,(H,24,26). The Labute approximate surface area is 187 Å². The highest BCUT2D eigenvalue weighted by Gasteiger charge is 2.22.